The molecule has 0 aliphatic carbocycles. The molecule has 0 saturated heterocycles. The van der Waals surface area contributed by atoms with Crippen LogP contribution in [0.3, 0.4) is 0 Å². The average Bonchev–Trinajstić information content (AvgIpc) is 3.11. The van der Waals surface area contributed by atoms with Crippen LogP contribution in [0, 0.1) is 0 Å². The summed E-state index contributed by atoms with van der Waals surface area (Å²) in [6, 6.07) is 0. The number of unbranched alkanes of at least 4 members (excludes halogenated alkanes) is 21. The molecule has 0 aromatic carbocycles. The van der Waals surface area contributed by atoms with Gasteiger partial charge in [-0.1, -0.05) is 159 Å². The molecule has 0 radical (unpaired) electrons. The highest BCUT2D eigenvalue weighted by Crippen LogP contribution is 2.15. The highest BCUT2D eigenvalue weighted by atomic mass is 16.5. The average molecular weight is 714 g/mol. The van der Waals surface area contributed by atoms with Crippen molar-refractivity contribution < 1.29 is 24.2 Å². The molecule has 0 spiro atoms. The lowest BCUT2D eigenvalue weighted by Crippen LogP contribution is -2.28. The number of rotatable bonds is 38. The van der Waals surface area contributed by atoms with E-state index in [1.54, 1.807) is 0 Å². The van der Waals surface area contributed by atoms with Gasteiger partial charge < -0.3 is 15.2 Å². The van der Waals surface area contributed by atoms with Crippen molar-refractivity contribution in [3.05, 3.63) is 48.6 Å². The van der Waals surface area contributed by atoms with Gasteiger partial charge in [-0.2, -0.15) is 0 Å². The van der Waals surface area contributed by atoms with E-state index in [2.05, 4.69) is 61.7 Å². The van der Waals surface area contributed by atoms with Crippen LogP contribution in [-0.4, -0.2) is 35.6 Å². The maximum absolute atomic E-state index is 12.7. The van der Waals surface area contributed by atoms with Crippen molar-refractivity contribution in [3.8, 4) is 0 Å². The summed E-state index contributed by atoms with van der Waals surface area (Å²) in [6.07, 6.45) is 51.1. The van der Waals surface area contributed by atoms with Crippen molar-refractivity contribution >= 4 is 17.8 Å². The molecule has 0 rings (SSSR count). The van der Waals surface area contributed by atoms with Crippen LogP contribution in [0.4, 0.5) is 0 Å². The quantitative estimate of drug-likeness (QED) is 0.0377. The van der Waals surface area contributed by atoms with Crippen molar-refractivity contribution in [2.75, 3.05) is 6.54 Å². The molecule has 0 aromatic rings. The molecule has 2 N–H and O–H groups in total. The number of carboxylic acid groups (broad SMARTS) is 1. The van der Waals surface area contributed by atoms with Gasteiger partial charge in [-0.15, -0.1) is 0 Å². The van der Waals surface area contributed by atoms with Crippen LogP contribution >= 0.6 is 0 Å². The molecule has 0 aliphatic rings. The topological polar surface area (TPSA) is 92.7 Å². The van der Waals surface area contributed by atoms with Crippen LogP contribution in [0.1, 0.15) is 206 Å². The Morgan fingerprint density at radius 3 is 1.49 bits per heavy atom. The molecule has 0 fully saturated rings. The highest BCUT2D eigenvalue weighted by Gasteiger charge is 2.12. The fourth-order valence-electron chi connectivity index (χ4n) is 6.02. The first-order chi connectivity index (χ1) is 25.0. The lowest BCUT2D eigenvalue weighted by molar-refractivity contribution is -0.147. The predicted molar refractivity (Wildman–Crippen MR) is 217 cm³/mol. The second-order valence-corrected chi connectivity index (χ2v) is 14.2. The van der Waals surface area contributed by atoms with E-state index in [-0.39, 0.29) is 24.5 Å². The van der Waals surface area contributed by atoms with Gasteiger partial charge in [0.05, 0.1) is 0 Å². The Morgan fingerprint density at radius 1 is 0.529 bits per heavy atom. The number of amides is 1. The second-order valence-electron chi connectivity index (χ2n) is 14.2. The zero-order chi connectivity index (χ0) is 37.3. The van der Waals surface area contributed by atoms with E-state index in [4.69, 9.17) is 9.84 Å². The van der Waals surface area contributed by atoms with Crippen molar-refractivity contribution in [1.82, 2.24) is 5.32 Å². The first-order valence-electron chi connectivity index (χ1n) is 21.3. The third-order valence-electron chi connectivity index (χ3n) is 9.21. The normalized spacial score (nSPS) is 12.5. The van der Waals surface area contributed by atoms with E-state index in [0.717, 1.165) is 64.2 Å². The predicted octanol–water partition coefficient (Wildman–Crippen LogP) is 13.1. The van der Waals surface area contributed by atoms with Gasteiger partial charge in [-0.25, -0.2) is 0 Å². The molecule has 0 heterocycles. The maximum Gasteiger partial charge on any atom is 0.322 e. The minimum absolute atomic E-state index is 0.103. The second kappa shape index (κ2) is 40.1. The smallest absolute Gasteiger partial charge is 0.322 e. The molecule has 51 heavy (non-hydrogen) atoms. The van der Waals surface area contributed by atoms with Crippen LogP contribution in [-0.2, 0) is 19.1 Å². The number of esters is 1. The summed E-state index contributed by atoms with van der Waals surface area (Å²) in [5, 5.41) is 11.1. The van der Waals surface area contributed by atoms with Crippen LogP contribution in [0.15, 0.2) is 48.6 Å². The molecule has 1 atom stereocenters. The third-order valence-corrected chi connectivity index (χ3v) is 9.21. The Morgan fingerprint density at radius 2 is 0.961 bits per heavy atom. The first kappa shape index (κ1) is 48.4. The Kier molecular flexibility index (Phi) is 38.1. The molecule has 6 nitrogen and oxygen atoms in total. The molecule has 6 heteroatoms. The summed E-state index contributed by atoms with van der Waals surface area (Å²) in [5.41, 5.74) is 0. The molecule has 0 saturated carbocycles. The van der Waals surface area contributed by atoms with Crippen LogP contribution < -0.4 is 5.32 Å². The Balaban J connectivity index is 4.08. The molecule has 0 aliphatic heterocycles. The summed E-state index contributed by atoms with van der Waals surface area (Å²) in [4.78, 5) is 35.0. The van der Waals surface area contributed by atoms with Crippen molar-refractivity contribution in [2.45, 2.75) is 213 Å². The summed E-state index contributed by atoms with van der Waals surface area (Å²) in [7, 11) is 0. The fourth-order valence-corrected chi connectivity index (χ4v) is 6.02. The molecule has 1 amide bonds. The Hall–Kier alpha value is -2.63. The Bertz CT molecular complexity index is 922. The number of carbonyl (C=O) groups is 3. The first-order valence-corrected chi connectivity index (χ1v) is 21.3. The number of carboxylic acids is 1. The van der Waals surface area contributed by atoms with E-state index in [9.17, 15) is 14.4 Å². The Labute approximate surface area is 314 Å². The molecule has 294 valence electrons. The lowest BCUT2D eigenvalue weighted by atomic mass is 10.1. The number of hydrogen-bond acceptors (Lipinski definition) is 4. The molecule has 1 unspecified atom stereocenters. The summed E-state index contributed by atoms with van der Waals surface area (Å²) in [6.45, 7) is 4.17. The number of aliphatic carboxylic acids is 1. The van der Waals surface area contributed by atoms with E-state index >= 15 is 0 Å². The van der Waals surface area contributed by atoms with E-state index < -0.39 is 5.97 Å². The summed E-state index contributed by atoms with van der Waals surface area (Å²) in [5.74, 6) is -1.35. The number of nitrogens with one attached hydrogen (secondary N) is 1. The van der Waals surface area contributed by atoms with Gasteiger partial charge in [0, 0.05) is 12.8 Å². The monoisotopic (exact) mass is 714 g/mol. The van der Waals surface area contributed by atoms with Gasteiger partial charge in [0.25, 0.3) is 0 Å². The third kappa shape index (κ3) is 40.0. The number of allylic oxidation sites excluding steroid dienone is 7. The minimum Gasteiger partial charge on any atom is -0.480 e. The highest BCUT2D eigenvalue weighted by molar-refractivity contribution is 5.80. The molecular formula is C45H79NO5. The minimum atomic E-state index is -1.03. The summed E-state index contributed by atoms with van der Waals surface area (Å²) >= 11 is 0. The lowest BCUT2D eigenvalue weighted by Gasteiger charge is -2.14. The van der Waals surface area contributed by atoms with Gasteiger partial charge in [0.2, 0.25) is 5.91 Å². The molecule has 0 aromatic heterocycles. The maximum atomic E-state index is 12.7. The van der Waals surface area contributed by atoms with Crippen LogP contribution in [0.5, 0.6) is 0 Å². The summed E-state index contributed by atoms with van der Waals surface area (Å²) < 4.78 is 5.89. The van der Waals surface area contributed by atoms with Crippen molar-refractivity contribution in [1.29, 1.82) is 0 Å². The van der Waals surface area contributed by atoms with Gasteiger partial charge in [0.1, 0.15) is 12.6 Å². The number of carbonyl (C=O) groups excluding carboxylic acids is 2. The van der Waals surface area contributed by atoms with Crippen molar-refractivity contribution in [3.63, 3.8) is 0 Å². The number of ether oxygens (including phenoxy) is 1. The molecular weight excluding hydrogens is 634 g/mol. The van der Waals surface area contributed by atoms with Crippen LogP contribution in [0.2, 0.25) is 0 Å². The van der Waals surface area contributed by atoms with E-state index in [0.29, 0.717) is 12.8 Å². The zero-order valence-corrected chi connectivity index (χ0v) is 33.2. The van der Waals surface area contributed by atoms with Gasteiger partial charge in [-0.05, 0) is 83.1 Å². The van der Waals surface area contributed by atoms with E-state index in [1.807, 2.05) is 6.08 Å². The van der Waals surface area contributed by atoms with Gasteiger partial charge in [0.15, 0.2) is 0 Å². The SMILES string of the molecule is CCCCCC/C=C\C/C=C\C(CCCCCCC(=O)NCC(=O)O)OC(=O)CCCCCCCCCCC/C=C\C/C=C\CCCCCCC. The standard InChI is InChI=1S/C45H79NO5/c1-3-5-7-9-11-13-14-15-16-17-18-19-20-21-22-23-24-26-28-30-36-40-45(50)51-42(37-33-29-27-25-12-10-8-6-4-2)38-34-31-32-35-39-43(47)46-41-44(48)49/h14-15,17-18,25,27,33,37,42H,3-13,16,19-24,26,28-32,34-36,38-41H2,1-2H3,(H,46,47)(H,48,49)/b15-14-,18-17-,27-25-,37-33-. The fraction of sp³-hybridized carbons (Fsp3) is 0.756. The largest absolute Gasteiger partial charge is 0.480 e. The number of hydrogen-bond donors (Lipinski definition) is 2. The van der Waals surface area contributed by atoms with Gasteiger partial charge in [-0.3, -0.25) is 14.4 Å². The van der Waals surface area contributed by atoms with E-state index in [1.165, 1.54) is 116 Å². The van der Waals surface area contributed by atoms with Gasteiger partial charge >= 0.3 is 11.9 Å². The van der Waals surface area contributed by atoms with Crippen molar-refractivity contribution in [2.24, 2.45) is 0 Å². The zero-order valence-electron chi connectivity index (χ0n) is 33.2. The molecule has 0 bridgehead atoms. The van der Waals surface area contributed by atoms with Crippen LogP contribution in [0.25, 0.3) is 0 Å².